The Morgan fingerprint density at radius 3 is 0.733 bits per heavy atom. The quantitative estimate of drug-likeness (QED) is 0.0918. The van der Waals surface area contributed by atoms with Crippen LogP contribution < -0.4 is 31.9 Å². The van der Waals surface area contributed by atoms with Crippen LogP contribution in [-0.2, 0) is 0 Å². The van der Waals surface area contributed by atoms with E-state index in [1.54, 1.807) is 0 Å². The first kappa shape index (κ1) is 35.6. The molecule has 4 unspecified atom stereocenters. The standard InChI is InChI=1S/C52H44N8/c1-5-13-33(14-6-1)49-37-21-22-38(53-37)50(34-15-7-2-8-16-34)42-26-31-47(56-42)60-48-32-28-44(58-48)52(36-19-11-4-12-20-36)40-24-23-39(54-40)51(35-17-9-3-10-18-35)43-27-30-46(57-43)59-45-29-25-41(49)55-45/h1-32,45-48,53-60H/b49-41-,50-42-,51-43-,52-44-. The maximum Gasteiger partial charge on any atom is 0.0982 e. The van der Waals surface area contributed by atoms with Gasteiger partial charge in [-0.2, -0.15) is 0 Å². The second-order valence-corrected chi connectivity index (χ2v) is 15.4. The fourth-order valence-electron chi connectivity index (χ4n) is 8.84. The number of rotatable bonds is 4. The Bertz CT molecular complexity index is 2430. The largest absolute Gasteiger partial charge is 0.366 e. The number of fused-ring (bicyclic) bond motifs is 12. The van der Waals surface area contributed by atoms with Crippen molar-refractivity contribution in [3.8, 4) is 0 Å². The lowest BCUT2D eigenvalue weighted by Gasteiger charge is -2.22. The average molecular weight is 781 g/mol. The van der Waals surface area contributed by atoms with E-state index >= 15 is 0 Å². The molecule has 8 nitrogen and oxygen atoms in total. The van der Waals surface area contributed by atoms with E-state index in [4.69, 9.17) is 0 Å². The van der Waals surface area contributed by atoms with Crippen molar-refractivity contribution in [1.29, 1.82) is 0 Å². The Kier molecular flexibility index (Phi) is 9.11. The van der Waals surface area contributed by atoms with Gasteiger partial charge < -0.3 is 31.2 Å². The average Bonchev–Trinajstić information content (AvgIpc) is 4.16. The zero-order valence-electron chi connectivity index (χ0n) is 32.8. The van der Waals surface area contributed by atoms with Gasteiger partial charge in [0.05, 0.1) is 24.7 Å². The molecule has 0 amide bonds. The van der Waals surface area contributed by atoms with Gasteiger partial charge in [0, 0.05) is 67.9 Å². The molecule has 0 spiro atoms. The van der Waals surface area contributed by atoms with Crippen molar-refractivity contribution in [2.24, 2.45) is 0 Å². The summed E-state index contributed by atoms with van der Waals surface area (Å²) in [6.07, 6.45) is 17.1. The molecule has 5 aliphatic heterocycles. The number of nitrogens with one attached hydrogen (secondary N) is 8. The zero-order chi connectivity index (χ0) is 39.8. The Morgan fingerprint density at radius 2 is 0.500 bits per heavy atom. The summed E-state index contributed by atoms with van der Waals surface area (Å²) in [5, 5.41) is 22.8. The van der Waals surface area contributed by atoms with E-state index in [-0.39, 0.29) is 24.7 Å². The zero-order valence-corrected chi connectivity index (χ0v) is 32.8. The van der Waals surface area contributed by atoms with Crippen molar-refractivity contribution < 1.29 is 0 Å². The molecule has 8 heteroatoms. The first-order chi connectivity index (χ1) is 29.7. The van der Waals surface area contributed by atoms with E-state index in [0.717, 1.165) is 90.1 Å². The first-order valence-corrected chi connectivity index (χ1v) is 20.6. The highest BCUT2D eigenvalue weighted by molar-refractivity contribution is 5.88. The summed E-state index contributed by atoms with van der Waals surface area (Å²) in [5.74, 6) is 0. The summed E-state index contributed by atoms with van der Waals surface area (Å²) in [5.41, 5.74) is 17.2. The molecule has 0 radical (unpaired) electrons. The SMILES string of the molecule is C1=CC2N/C1=C(/c1ccccc1)c1ccc([nH]1)/C(c1ccccc1)=C1/C=CC(N1)NC1C=C/C(=C(\c3ccccc3)c3ccc([nH]3)/C(c3ccccc3)=C3/C=CC(N3)N2)N1. The van der Waals surface area contributed by atoms with Gasteiger partial charge in [0.1, 0.15) is 0 Å². The van der Waals surface area contributed by atoms with Gasteiger partial charge >= 0.3 is 0 Å². The summed E-state index contributed by atoms with van der Waals surface area (Å²) < 4.78 is 0. The van der Waals surface area contributed by atoms with E-state index in [9.17, 15) is 0 Å². The van der Waals surface area contributed by atoms with E-state index in [1.807, 2.05) is 0 Å². The molecule has 7 heterocycles. The number of aromatic nitrogens is 2. The first-order valence-electron chi connectivity index (χ1n) is 20.6. The molecule has 5 aliphatic rings. The molecule has 4 aromatic carbocycles. The Labute approximate surface area is 349 Å². The number of hydrogen-bond donors (Lipinski definition) is 8. The van der Waals surface area contributed by atoms with Crippen LogP contribution in [0.2, 0.25) is 0 Å². The Hall–Kier alpha value is -7.52. The predicted molar refractivity (Wildman–Crippen MR) is 242 cm³/mol. The highest BCUT2D eigenvalue weighted by Gasteiger charge is 2.27. The van der Waals surface area contributed by atoms with Crippen molar-refractivity contribution in [3.63, 3.8) is 0 Å². The van der Waals surface area contributed by atoms with Gasteiger partial charge in [0.15, 0.2) is 0 Å². The van der Waals surface area contributed by atoms with Crippen LogP contribution in [0, 0.1) is 0 Å². The van der Waals surface area contributed by atoms with E-state index in [0.29, 0.717) is 0 Å². The molecule has 12 bridgehead atoms. The van der Waals surface area contributed by atoms with E-state index in [1.165, 1.54) is 0 Å². The number of benzene rings is 4. The molecule has 8 N–H and O–H groups in total. The monoisotopic (exact) mass is 780 g/mol. The third-order valence-electron chi connectivity index (χ3n) is 11.6. The summed E-state index contributed by atoms with van der Waals surface area (Å²) in [4.78, 5) is 7.71. The van der Waals surface area contributed by atoms with Gasteiger partial charge in [-0.15, -0.1) is 0 Å². The summed E-state index contributed by atoms with van der Waals surface area (Å²) in [6.45, 7) is 0. The van der Waals surface area contributed by atoms with Crippen LogP contribution in [0.3, 0.4) is 0 Å². The van der Waals surface area contributed by atoms with Gasteiger partial charge in [-0.3, -0.25) is 10.6 Å². The highest BCUT2D eigenvalue weighted by Crippen LogP contribution is 2.35. The van der Waals surface area contributed by atoms with Crippen molar-refractivity contribution in [3.05, 3.63) is 262 Å². The van der Waals surface area contributed by atoms with E-state index < -0.39 is 0 Å². The summed E-state index contributed by atoms with van der Waals surface area (Å²) >= 11 is 0. The molecule has 4 atom stereocenters. The molecular weight excluding hydrogens is 737 g/mol. The van der Waals surface area contributed by atoms with Crippen molar-refractivity contribution in [1.82, 2.24) is 41.9 Å². The molecule has 60 heavy (non-hydrogen) atoms. The number of H-pyrrole nitrogens is 2. The highest BCUT2D eigenvalue weighted by atomic mass is 15.2. The van der Waals surface area contributed by atoms with Crippen molar-refractivity contribution in [2.45, 2.75) is 24.7 Å². The van der Waals surface area contributed by atoms with Gasteiger partial charge in [0.2, 0.25) is 0 Å². The maximum atomic E-state index is 3.85. The summed E-state index contributed by atoms with van der Waals surface area (Å²) in [7, 11) is 0. The maximum absolute atomic E-state index is 3.85. The third kappa shape index (κ3) is 6.83. The van der Waals surface area contributed by atoms with Gasteiger partial charge in [-0.1, -0.05) is 121 Å². The lowest BCUT2D eigenvalue weighted by Crippen LogP contribution is -2.47. The Morgan fingerprint density at radius 1 is 0.267 bits per heavy atom. The fourth-order valence-corrected chi connectivity index (χ4v) is 8.84. The van der Waals surface area contributed by atoms with Crippen LogP contribution in [0.4, 0.5) is 0 Å². The lowest BCUT2D eigenvalue weighted by molar-refractivity contribution is 0.479. The molecule has 0 fully saturated rings. The van der Waals surface area contributed by atoms with Gasteiger partial charge in [-0.25, -0.2) is 0 Å². The normalized spacial score (nSPS) is 26.7. The van der Waals surface area contributed by atoms with Gasteiger partial charge in [0.25, 0.3) is 0 Å². The fraction of sp³-hybridized carbons (Fsp3) is 0.0769. The number of hydrogen-bond acceptors (Lipinski definition) is 6. The van der Waals surface area contributed by atoms with Crippen LogP contribution in [0.1, 0.15) is 45.0 Å². The topological polar surface area (TPSA) is 104 Å². The molecular formula is C52H44N8. The summed E-state index contributed by atoms with van der Waals surface area (Å²) in [6, 6.07) is 51.2. The molecule has 6 aromatic rings. The molecule has 11 rings (SSSR count). The predicted octanol–water partition coefficient (Wildman–Crippen LogP) is 8.22. The molecule has 2 aromatic heterocycles. The van der Waals surface area contributed by atoms with Crippen molar-refractivity contribution >= 4 is 22.3 Å². The van der Waals surface area contributed by atoms with Gasteiger partial charge in [-0.05, 0) is 95.1 Å². The minimum absolute atomic E-state index is 0.104. The molecule has 292 valence electrons. The minimum atomic E-state index is -0.104. The number of allylic oxidation sites excluding steroid dienone is 4. The van der Waals surface area contributed by atoms with Crippen LogP contribution in [0.25, 0.3) is 22.3 Å². The van der Waals surface area contributed by atoms with E-state index in [2.05, 4.69) is 236 Å². The smallest absolute Gasteiger partial charge is 0.0982 e. The second-order valence-electron chi connectivity index (χ2n) is 15.4. The Balaban J connectivity index is 1.03. The van der Waals surface area contributed by atoms with Crippen LogP contribution in [0.5, 0.6) is 0 Å². The third-order valence-corrected chi connectivity index (χ3v) is 11.6. The number of aromatic amines is 2. The van der Waals surface area contributed by atoms with Crippen molar-refractivity contribution in [2.75, 3.05) is 0 Å². The van der Waals surface area contributed by atoms with Crippen LogP contribution in [0.15, 0.2) is 217 Å². The van der Waals surface area contributed by atoms with Crippen LogP contribution >= 0.6 is 0 Å². The lowest BCUT2D eigenvalue weighted by atomic mass is 10.0. The second kappa shape index (κ2) is 15.3. The molecule has 0 aliphatic carbocycles. The minimum Gasteiger partial charge on any atom is -0.366 e. The molecule has 0 saturated carbocycles. The molecule has 0 saturated heterocycles. The van der Waals surface area contributed by atoms with Crippen LogP contribution in [-0.4, -0.2) is 34.6 Å².